The largest absolute Gasteiger partial charge is 0.493 e. The Kier molecular flexibility index (Phi) is 7.10. The quantitative estimate of drug-likeness (QED) is 0.671. The van der Waals surface area contributed by atoms with Crippen molar-refractivity contribution in [3.63, 3.8) is 0 Å². The summed E-state index contributed by atoms with van der Waals surface area (Å²) >= 11 is 0. The first kappa shape index (κ1) is 20.1. The molecule has 27 heavy (non-hydrogen) atoms. The lowest BCUT2D eigenvalue weighted by Crippen LogP contribution is -2.50. The monoisotopic (exact) mass is 376 g/mol. The third kappa shape index (κ3) is 5.43. The van der Waals surface area contributed by atoms with Crippen molar-refractivity contribution in [1.82, 2.24) is 10.2 Å². The molecule has 1 aliphatic heterocycles. The van der Waals surface area contributed by atoms with Crippen molar-refractivity contribution in [3.8, 4) is 5.75 Å². The van der Waals surface area contributed by atoms with E-state index in [1.54, 1.807) is 7.11 Å². The average molecular weight is 376 g/mol. The molecule has 1 N–H and O–H groups in total. The van der Waals surface area contributed by atoms with Crippen molar-refractivity contribution >= 4 is 5.91 Å². The Morgan fingerprint density at radius 1 is 1.33 bits per heavy atom. The first-order valence-corrected chi connectivity index (χ1v) is 9.98. The Balaban J connectivity index is 1.72. The number of amides is 1. The highest BCUT2D eigenvalue weighted by atomic mass is 16.5. The van der Waals surface area contributed by atoms with Crippen LogP contribution in [-0.2, 0) is 14.3 Å². The highest BCUT2D eigenvalue weighted by molar-refractivity contribution is 5.82. The third-order valence-electron chi connectivity index (χ3n) is 5.13. The van der Waals surface area contributed by atoms with Gasteiger partial charge in [0.15, 0.2) is 0 Å². The molecule has 0 bridgehead atoms. The number of nitrogens with one attached hydrogen (secondary N) is 1. The fraction of sp³-hybridized carbons (Fsp3) is 0.667. The predicted molar refractivity (Wildman–Crippen MR) is 104 cm³/mol. The maximum Gasteiger partial charge on any atom is 0.253 e. The predicted octanol–water partition coefficient (Wildman–Crippen LogP) is 2.45. The number of aryl methyl sites for hydroxylation is 1. The first-order chi connectivity index (χ1) is 13.1. The second kappa shape index (κ2) is 9.53. The SMILES string of the molecule is COCCCOc1cc(C)cc(C(C)N(C(=O)[C@H]2CNCCO2)C2CC2)c1. The van der Waals surface area contributed by atoms with Gasteiger partial charge in [0.1, 0.15) is 11.9 Å². The molecule has 1 unspecified atom stereocenters. The van der Waals surface area contributed by atoms with E-state index in [4.69, 9.17) is 14.2 Å². The van der Waals surface area contributed by atoms with E-state index in [0.29, 0.717) is 32.4 Å². The number of benzene rings is 1. The Bertz CT molecular complexity index is 627. The van der Waals surface area contributed by atoms with Gasteiger partial charge in [0.2, 0.25) is 0 Å². The van der Waals surface area contributed by atoms with E-state index in [9.17, 15) is 4.79 Å². The topological polar surface area (TPSA) is 60.0 Å². The maximum atomic E-state index is 13.1. The minimum atomic E-state index is -0.378. The molecule has 1 saturated heterocycles. The molecule has 1 aromatic rings. The summed E-state index contributed by atoms with van der Waals surface area (Å²) in [5.74, 6) is 0.952. The summed E-state index contributed by atoms with van der Waals surface area (Å²) in [6.07, 6.45) is 2.62. The normalized spacial score (nSPS) is 20.9. The maximum absolute atomic E-state index is 13.1. The van der Waals surface area contributed by atoms with Gasteiger partial charge < -0.3 is 24.4 Å². The molecule has 0 radical (unpaired) electrons. The molecule has 6 heteroatoms. The minimum Gasteiger partial charge on any atom is -0.493 e. The Morgan fingerprint density at radius 2 is 2.15 bits per heavy atom. The van der Waals surface area contributed by atoms with Crippen molar-refractivity contribution in [3.05, 3.63) is 29.3 Å². The van der Waals surface area contributed by atoms with Gasteiger partial charge in [-0.3, -0.25) is 4.79 Å². The van der Waals surface area contributed by atoms with Crippen molar-refractivity contribution in [1.29, 1.82) is 0 Å². The Morgan fingerprint density at radius 3 is 2.81 bits per heavy atom. The summed E-state index contributed by atoms with van der Waals surface area (Å²) in [5.41, 5.74) is 2.25. The summed E-state index contributed by atoms with van der Waals surface area (Å²) in [4.78, 5) is 15.2. The Hall–Kier alpha value is -1.63. The number of morpholine rings is 1. The Labute approximate surface area is 162 Å². The molecule has 1 saturated carbocycles. The van der Waals surface area contributed by atoms with Gasteiger partial charge in [0.05, 0.1) is 19.3 Å². The molecule has 6 nitrogen and oxygen atoms in total. The van der Waals surface area contributed by atoms with E-state index in [-0.39, 0.29) is 18.1 Å². The van der Waals surface area contributed by atoms with Crippen molar-refractivity contribution in [2.75, 3.05) is 40.0 Å². The number of hydrogen-bond acceptors (Lipinski definition) is 5. The van der Waals surface area contributed by atoms with Crippen LogP contribution in [0.4, 0.5) is 0 Å². The number of nitrogens with zero attached hydrogens (tertiary/aromatic N) is 1. The zero-order valence-corrected chi connectivity index (χ0v) is 16.7. The number of carbonyl (C=O) groups excluding carboxylic acids is 1. The lowest BCUT2D eigenvalue weighted by Gasteiger charge is -2.34. The van der Waals surface area contributed by atoms with E-state index in [1.807, 2.05) is 11.0 Å². The number of methoxy groups -OCH3 is 1. The van der Waals surface area contributed by atoms with Crippen molar-refractivity contribution in [2.45, 2.75) is 51.3 Å². The lowest BCUT2D eigenvalue weighted by molar-refractivity contribution is -0.148. The van der Waals surface area contributed by atoms with Crippen LogP contribution in [0, 0.1) is 6.92 Å². The fourth-order valence-electron chi connectivity index (χ4n) is 3.59. The van der Waals surface area contributed by atoms with Gasteiger partial charge in [-0.15, -0.1) is 0 Å². The summed E-state index contributed by atoms with van der Waals surface area (Å²) < 4.78 is 16.7. The molecule has 2 fully saturated rings. The van der Waals surface area contributed by atoms with E-state index in [0.717, 1.165) is 42.7 Å². The van der Waals surface area contributed by atoms with Crippen LogP contribution < -0.4 is 10.1 Å². The van der Waals surface area contributed by atoms with E-state index < -0.39 is 0 Å². The first-order valence-electron chi connectivity index (χ1n) is 9.98. The molecule has 3 rings (SSSR count). The molecule has 0 spiro atoms. The minimum absolute atomic E-state index is 0.00301. The lowest BCUT2D eigenvalue weighted by atomic mass is 10.0. The zero-order chi connectivity index (χ0) is 19.2. The van der Waals surface area contributed by atoms with E-state index in [1.165, 1.54) is 0 Å². The van der Waals surface area contributed by atoms with Crippen LogP contribution in [0.5, 0.6) is 5.75 Å². The average Bonchev–Trinajstić information content (AvgIpc) is 3.50. The van der Waals surface area contributed by atoms with Crippen LogP contribution in [0.15, 0.2) is 18.2 Å². The van der Waals surface area contributed by atoms with Crippen LogP contribution in [0.3, 0.4) is 0 Å². The highest BCUT2D eigenvalue weighted by Gasteiger charge is 2.40. The zero-order valence-electron chi connectivity index (χ0n) is 16.7. The fourth-order valence-corrected chi connectivity index (χ4v) is 3.59. The molecule has 1 heterocycles. The summed E-state index contributed by atoms with van der Waals surface area (Å²) in [5, 5.41) is 3.26. The van der Waals surface area contributed by atoms with Gasteiger partial charge in [0.25, 0.3) is 5.91 Å². The second-order valence-corrected chi connectivity index (χ2v) is 7.49. The number of ether oxygens (including phenoxy) is 3. The van der Waals surface area contributed by atoms with E-state index >= 15 is 0 Å². The van der Waals surface area contributed by atoms with Gasteiger partial charge >= 0.3 is 0 Å². The smallest absolute Gasteiger partial charge is 0.253 e. The highest BCUT2D eigenvalue weighted by Crippen LogP contribution is 2.36. The standard InChI is InChI=1S/C21H32N2O4/c1-15-11-17(13-19(12-15)26-9-4-8-25-3)16(2)23(18-5-6-18)21(24)20-14-22-7-10-27-20/h11-13,16,18,20,22H,4-10,14H2,1-3H3/t16?,20-/m1/s1. The van der Waals surface area contributed by atoms with Gasteiger partial charge in [-0.2, -0.15) is 0 Å². The van der Waals surface area contributed by atoms with Gasteiger partial charge in [0, 0.05) is 39.3 Å². The molecule has 1 amide bonds. The van der Waals surface area contributed by atoms with Gasteiger partial charge in [-0.1, -0.05) is 6.07 Å². The summed E-state index contributed by atoms with van der Waals surface area (Å²) in [6.45, 7) is 7.48. The van der Waals surface area contributed by atoms with Crippen molar-refractivity contribution in [2.24, 2.45) is 0 Å². The molecule has 1 aromatic carbocycles. The number of hydrogen-bond donors (Lipinski definition) is 1. The number of rotatable bonds is 9. The number of carbonyl (C=O) groups is 1. The van der Waals surface area contributed by atoms with Crippen molar-refractivity contribution < 1.29 is 19.0 Å². The molecule has 2 atom stereocenters. The summed E-state index contributed by atoms with van der Waals surface area (Å²) in [7, 11) is 1.70. The summed E-state index contributed by atoms with van der Waals surface area (Å²) in [6, 6.07) is 6.57. The van der Waals surface area contributed by atoms with Gasteiger partial charge in [-0.05, 0) is 49.9 Å². The third-order valence-corrected chi connectivity index (χ3v) is 5.13. The van der Waals surface area contributed by atoms with Crippen LogP contribution in [0.2, 0.25) is 0 Å². The van der Waals surface area contributed by atoms with Crippen LogP contribution in [-0.4, -0.2) is 63.0 Å². The molecule has 2 aliphatic rings. The van der Waals surface area contributed by atoms with Gasteiger partial charge in [-0.25, -0.2) is 0 Å². The second-order valence-electron chi connectivity index (χ2n) is 7.49. The molecular weight excluding hydrogens is 344 g/mol. The molecule has 0 aromatic heterocycles. The van der Waals surface area contributed by atoms with Crippen LogP contribution >= 0.6 is 0 Å². The van der Waals surface area contributed by atoms with Crippen LogP contribution in [0.1, 0.15) is 43.4 Å². The van der Waals surface area contributed by atoms with E-state index in [2.05, 4.69) is 31.3 Å². The molecular formula is C21H32N2O4. The molecule has 150 valence electrons. The molecule has 1 aliphatic carbocycles. The van der Waals surface area contributed by atoms with Crippen LogP contribution in [0.25, 0.3) is 0 Å².